The summed E-state index contributed by atoms with van der Waals surface area (Å²) < 4.78 is 62.6. The maximum Gasteiger partial charge on any atom is 0.273 e. The Labute approximate surface area is 267 Å². The molecule has 0 radical (unpaired) electrons. The molecule has 0 bridgehead atoms. The normalized spacial score (nSPS) is 11.5. The Morgan fingerprint density at radius 3 is 2.16 bits per heavy atom. The molecule has 0 aliphatic heterocycles. The van der Waals surface area contributed by atoms with Gasteiger partial charge in [-0.2, -0.15) is 0 Å². The number of nitrogens with zero attached hydrogens (tertiary/aromatic N) is 2. The topological polar surface area (TPSA) is 165 Å². The Hall–Kier alpha value is -4.18. The van der Waals surface area contributed by atoms with Gasteiger partial charge in [-0.25, -0.2) is 16.8 Å². The fourth-order valence-electron chi connectivity index (χ4n) is 4.01. The van der Waals surface area contributed by atoms with E-state index in [-0.39, 0.29) is 32.6 Å². The molecule has 0 spiro atoms. The number of anilines is 3. The molecule has 0 unspecified atom stereocenters. The van der Waals surface area contributed by atoms with Gasteiger partial charge in [0.1, 0.15) is 12.3 Å². The van der Waals surface area contributed by atoms with Gasteiger partial charge in [0, 0.05) is 32.5 Å². The van der Waals surface area contributed by atoms with Crippen LogP contribution < -0.4 is 19.1 Å². The number of hydrogen-bond acceptors (Lipinski definition) is 8. The molecule has 4 aromatic carbocycles. The van der Waals surface area contributed by atoms with E-state index in [1.54, 1.807) is 24.3 Å². The number of nitrogens with one attached hydrogen (secondary N) is 2. The molecule has 0 aliphatic rings. The molecule has 0 heterocycles. The first-order valence-electron chi connectivity index (χ1n) is 12.5. The van der Waals surface area contributed by atoms with Gasteiger partial charge in [0.2, 0.25) is 5.91 Å². The molecule has 230 valence electrons. The van der Waals surface area contributed by atoms with Crippen LogP contribution in [0.3, 0.4) is 0 Å². The zero-order valence-electron chi connectivity index (χ0n) is 23.0. The number of methoxy groups -OCH3 is 1. The third-order valence-corrected chi connectivity index (χ3v) is 10.1. The molecule has 16 heteroatoms. The molecule has 4 rings (SSSR count). The molecule has 0 atom stereocenters. The third-order valence-electron chi connectivity index (χ3n) is 6.21. The summed E-state index contributed by atoms with van der Waals surface area (Å²) in [6.07, 6.45) is 0. The van der Waals surface area contributed by atoms with Crippen molar-refractivity contribution in [1.29, 1.82) is 0 Å². The van der Waals surface area contributed by atoms with Gasteiger partial charge in [0.15, 0.2) is 0 Å². The van der Waals surface area contributed by atoms with Crippen LogP contribution in [0.25, 0.3) is 0 Å². The smallest absolute Gasteiger partial charge is 0.273 e. The second kappa shape index (κ2) is 13.2. The van der Waals surface area contributed by atoms with Gasteiger partial charge in [-0.15, -0.1) is 0 Å². The van der Waals surface area contributed by atoms with Gasteiger partial charge in [-0.05, 0) is 79.7 Å². The summed E-state index contributed by atoms with van der Waals surface area (Å²) >= 11 is 9.44. The number of aryl methyl sites for hydroxylation is 1. The highest BCUT2D eigenvalue weighted by Gasteiger charge is 2.31. The Kier molecular flexibility index (Phi) is 9.83. The number of benzene rings is 4. The van der Waals surface area contributed by atoms with Crippen LogP contribution in [0, 0.1) is 17.0 Å². The number of rotatable bonds is 11. The Morgan fingerprint density at radius 1 is 0.932 bits per heavy atom. The predicted octanol–water partition coefficient (Wildman–Crippen LogP) is 5.96. The number of halogens is 2. The SMILES string of the molecule is COc1ccc(Cl)cc1N(CC(=O)Nc1ccc(S(=O)(=O)Nc2ccc(Br)cc2)cc1)S(=O)(=O)c1ccc(C)c([N+](=O)[O-])c1. The lowest BCUT2D eigenvalue weighted by Gasteiger charge is -2.26. The number of nitro groups is 1. The maximum atomic E-state index is 13.9. The van der Waals surface area contributed by atoms with Crippen LogP contribution >= 0.6 is 27.5 Å². The second-order valence-electron chi connectivity index (χ2n) is 9.22. The van der Waals surface area contributed by atoms with Gasteiger partial charge in [0.05, 0.1) is 27.5 Å². The van der Waals surface area contributed by atoms with Gasteiger partial charge in [-0.3, -0.25) is 23.9 Å². The average Bonchev–Trinajstić information content (AvgIpc) is 2.97. The van der Waals surface area contributed by atoms with E-state index < -0.39 is 48.0 Å². The molecule has 0 aliphatic carbocycles. The van der Waals surface area contributed by atoms with E-state index in [2.05, 4.69) is 26.0 Å². The average molecular weight is 724 g/mol. The highest BCUT2D eigenvalue weighted by atomic mass is 79.9. The van der Waals surface area contributed by atoms with Crippen molar-refractivity contribution in [2.45, 2.75) is 16.7 Å². The summed E-state index contributed by atoms with van der Waals surface area (Å²) in [5.74, 6) is -0.735. The Morgan fingerprint density at radius 2 is 1.55 bits per heavy atom. The van der Waals surface area contributed by atoms with Crippen molar-refractivity contribution < 1.29 is 31.3 Å². The Balaban J connectivity index is 1.62. The maximum absolute atomic E-state index is 13.9. The standard InChI is InChI=1S/C28H24BrClN4O8S2/c1-18-3-11-24(16-25(18)34(36)37)44(40,41)33(26-15-20(30)6-14-27(26)42-2)17-28(35)31-21-9-12-23(13-10-21)43(38,39)32-22-7-4-19(29)5-8-22/h3-16,32H,17H2,1-2H3,(H,31,35). The number of nitro benzene ring substituents is 1. The lowest BCUT2D eigenvalue weighted by molar-refractivity contribution is -0.385. The molecule has 0 fully saturated rings. The number of sulfonamides is 2. The largest absolute Gasteiger partial charge is 0.495 e. The first-order chi connectivity index (χ1) is 20.7. The molecule has 4 aromatic rings. The fraction of sp³-hybridized carbons (Fsp3) is 0.107. The third kappa shape index (κ3) is 7.48. The molecule has 44 heavy (non-hydrogen) atoms. The molecule has 0 saturated carbocycles. The number of carbonyl (C=O) groups is 1. The van der Waals surface area contributed by atoms with Crippen molar-refractivity contribution in [3.63, 3.8) is 0 Å². The van der Waals surface area contributed by atoms with Crippen LogP contribution in [-0.2, 0) is 24.8 Å². The molecule has 1 amide bonds. The highest BCUT2D eigenvalue weighted by Crippen LogP contribution is 2.36. The van der Waals surface area contributed by atoms with Crippen molar-refractivity contribution in [3.05, 3.63) is 110 Å². The van der Waals surface area contributed by atoms with E-state index in [1.807, 2.05) is 0 Å². The highest BCUT2D eigenvalue weighted by molar-refractivity contribution is 9.10. The number of ether oxygens (including phenoxy) is 1. The first kappa shape index (κ1) is 32.7. The second-order valence-corrected chi connectivity index (χ2v) is 14.1. The van der Waals surface area contributed by atoms with Crippen LogP contribution in [0.5, 0.6) is 5.75 Å². The quantitative estimate of drug-likeness (QED) is 0.141. The lowest BCUT2D eigenvalue weighted by Crippen LogP contribution is -2.38. The van der Waals surface area contributed by atoms with Crippen molar-refractivity contribution in [2.24, 2.45) is 0 Å². The summed E-state index contributed by atoms with van der Waals surface area (Å²) in [5, 5.41) is 14.2. The molecule has 0 aromatic heterocycles. The summed E-state index contributed by atoms with van der Waals surface area (Å²) in [6, 6.07) is 19.3. The molecule has 12 nitrogen and oxygen atoms in total. The first-order valence-corrected chi connectivity index (χ1v) is 16.6. The molecular formula is C28H24BrClN4O8S2. The van der Waals surface area contributed by atoms with Crippen molar-refractivity contribution in [2.75, 3.05) is 28.0 Å². The zero-order valence-corrected chi connectivity index (χ0v) is 27.0. The van der Waals surface area contributed by atoms with Gasteiger partial charge in [-0.1, -0.05) is 33.6 Å². The predicted molar refractivity (Wildman–Crippen MR) is 170 cm³/mol. The summed E-state index contributed by atoms with van der Waals surface area (Å²) in [4.78, 5) is 23.5. The minimum absolute atomic E-state index is 0.0696. The minimum Gasteiger partial charge on any atom is -0.495 e. The molecular weight excluding hydrogens is 700 g/mol. The van der Waals surface area contributed by atoms with Crippen LogP contribution in [0.1, 0.15) is 5.56 Å². The minimum atomic E-state index is -4.58. The van der Waals surface area contributed by atoms with Crippen molar-refractivity contribution >= 4 is 76.2 Å². The summed E-state index contributed by atoms with van der Waals surface area (Å²) in [7, 11) is -7.22. The fourth-order valence-corrected chi connectivity index (χ4v) is 6.94. The number of hydrogen-bond donors (Lipinski definition) is 2. The lowest BCUT2D eigenvalue weighted by atomic mass is 10.2. The van der Waals surface area contributed by atoms with E-state index in [1.165, 1.54) is 68.6 Å². The van der Waals surface area contributed by atoms with Gasteiger partial charge in [0.25, 0.3) is 25.7 Å². The van der Waals surface area contributed by atoms with Gasteiger partial charge < -0.3 is 10.1 Å². The summed E-state index contributed by atoms with van der Waals surface area (Å²) in [6.45, 7) is 0.680. The van der Waals surface area contributed by atoms with E-state index in [4.69, 9.17) is 16.3 Å². The van der Waals surface area contributed by atoms with E-state index >= 15 is 0 Å². The van der Waals surface area contributed by atoms with Gasteiger partial charge >= 0.3 is 0 Å². The van der Waals surface area contributed by atoms with Crippen LogP contribution in [0.2, 0.25) is 5.02 Å². The Bertz CT molecular complexity index is 1940. The summed E-state index contributed by atoms with van der Waals surface area (Å²) in [5.41, 5.74) is 0.273. The molecule has 2 N–H and O–H groups in total. The van der Waals surface area contributed by atoms with E-state index in [0.29, 0.717) is 5.69 Å². The van der Waals surface area contributed by atoms with E-state index in [0.717, 1.165) is 14.8 Å². The zero-order chi connectivity index (χ0) is 32.2. The van der Waals surface area contributed by atoms with Crippen LogP contribution in [0.4, 0.5) is 22.7 Å². The monoisotopic (exact) mass is 722 g/mol. The van der Waals surface area contributed by atoms with Crippen molar-refractivity contribution in [3.8, 4) is 5.75 Å². The number of amides is 1. The van der Waals surface area contributed by atoms with Crippen LogP contribution in [-0.4, -0.2) is 41.3 Å². The van der Waals surface area contributed by atoms with Crippen LogP contribution in [0.15, 0.2) is 99.2 Å². The number of carbonyl (C=O) groups excluding carboxylic acids is 1. The van der Waals surface area contributed by atoms with E-state index in [9.17, 15) is 31.7 Å². The van der Waals surface area contributed by atoms with Crippen molar-refractivity contribution in [1.82, 2.24) is 0 Å². The molecule has 0 saturated heterocycles.